The van der Waals surface area contributed by atoms with E-state index in [1.54, 1.807) is 24.3 Å². The fourth-order valence-corrected chi connectivity index (χ4v) is 3.74. The van der Waals surface area contributed by atoms with Crippen LogP contribution in [0.25, 0.3) is 11.3 Å². The van der Waals surface area contributed by atoms with E-state index in [1.165, 1.54) is 0 Å². The number of Topliss-reactive ketones (excluding diaryl/α,β-unsaturated/α-hetero) is 1. The zero-order chi connectivity index (χ0) is 24.9. The Morgan fingerprint density at radius 1 is 0.457 bits per heavy atom. The van der Waals surface area contributed by atoms with Gasteiger partial charge in [0.15, 0.2) is 5.78 Å². The SMILES string of the molecule is Cc1ccc(C(=O)O/C(=C(/C(=O)c2ccc(C)cc2)c2ccc(C)cc2)c2ccc(C)cc2)cc1. The Balaban J connectivity index is 1.93. The first-order chi connectivity index (χ1) is 16.8. The smallest absolute Gasteiger partial charge is 0.343 e. The third-order valence-corrected chi connectivity index (χ3v) is 5.90. The highest BCUT2D eigenvalue weighted by Crippen LogP contribution is 2.32. The van der Waals surface area contributed by atoms with Crippen LogP contribution in [0.5, 0.6) is 0 Å². The highest BCUT2D eigenvalue weighted by Gasteiger charge is 2.24. The van der Waals surface area contributed by atoms with Gasteiger partial charge in [0.1, 0.15) is 5.76 Å². The molecule has 0 saturated heterocycles. The average Bonchev–Trinajstić information content (AvgIpc) is 2.86. The summed E-state index contributed by atoms with van der Waals surface area (Å²) in [6.45, 7) is 7.92. The van der Waals surface area contributed by atoms with E-state index in [9.17, 15) is 9.59 Å². The maximum Gasteiger partial charge on any atom is 0.343 e. The van der Waals surface area contributed by atoms with Crippen molar-refractivity contribution >= 4 is 23.1 Å². The molecule has 3 nitrogen and oxygen atoms in total. The minimum atomic E-state index is -0.512. The van der Waals surface area contributed by atoms with E-state index < -0.39 is 5.97 Å². The molecule has 3 heteroatoms. The van der Waals surface area contributed by atoms with Gasteiger partial charge in [0.2, 0.25) is 0 Å². The molecule has 0 bridgehead atoms. The van der Waals surface area contributed by atoms with Crippen LogP contribution in [0.15, 0.2) is 97.1 Å². The molecule has 0 heterocycles. The summed E-state index contributed by atoms with van der Waals surface area (Å²) in [6.07, 6.45) is 0. The number of esters is 1. The lowest BCUT2D eigenvalue weighted by Crippen LogP contribution is -2.12. The molecule has 0 amide bonds. The zero-order valence-electron chi connectivity index (χ0n) is 20.5. The Kier molecular flexibility index (Phi) is 7.07. The highest BCUT2D eigenvalue weighted by molar-refractivity contribution is 6.34. The molecule has 4 aromatic carbocycles. The number of rotatable bonds is 6. The fraction of sp³-hybridized carbons (Fsp3) is 0.125. The van der Waals surface area contributed by atoms with Crippen LogP contribution in [0.4, 0.5) is 0 Å². The van der Waals surface area contributed by atoms with E-state index in [-0.39, 0.29) is 11.5 Å². The molecule has 0 unspecified atom stereocenters. The first-order valence-electron chi connectivity index (χ1n) is 11.6. The second-order valence-corrected chi connectivity index (χ2v) is 8.89. The van der Waals surface area contributed by atoms with E-state index in [2.05, 4.69) is 0 Å². The maximum atomic E-state index is 13.9. The number of benzene rings is 4. The zero-order valence-corrected chi connectivity index (χ0v) is 20.5. The Hall–Kier alpha value is -4.24. The van der Waals surface area contributed by atoms with Crippen LogP contribution in [-0.2, 0) is 4.74 Å². The molecule has 0 radical (unpaired) electrons. The van der Waals surface area contributed by atoms with Gasteiger partial charge in [-0.05, 0) is 45.4 Å². The van der Waals surface area contributed by atoms with Crippen molar-refractivity contribution in [3.63, 3.8) is 0 Å². The molecule has 4 aromatic rings. The molecule has 0 saturated carbocycles. The lowest BCUT2D eigenvalue weighted by Gasteiger charge is -2.17. The molecule has 35 heavy (non-hydrogen) atoms. The third kappa shape index (κ3) is 5.64. The summed E-state index contributed by atoms with van der Waals surface area (Å²) < 4.78 is 6.04. The lowest BCUT2D eigenvalue weighted by molar-refractivity contribution is 0.0693. The fourth-order valence-electron chi connectivity index (χ4n) is 3.74. The number of allylic oxidation sites excluding steroid dienone is 1. The Bertz CT molecular complexity index is 1370. The molecule has 0 aliphatic heterocycles. The molecule has 174 valence electrons. The van der Waals surface area contributed by atoms with Crippen LogP contribution in [0.1, 0.15) is 54.1 Å². The van der Waals surface area contributed by atoms with Crippen molar-refractivity contribution in [1.82, 2.24) is 0 Å². The third-order valence-electron chi connectivity index (χ3n) is 5.90. The van der Waals surface area contributed by atoms with Gasteiger partial charge in [-0.25, -0.2) is 4.79 Å². The minimum Gasteiger partial charge on any atom is -0.421 e. The number of ether oxygens (including phenoxy) is 1. The number of carbonyl (C=O) groups is 2. The molecule has 0 aliphatic carbocycles. The quantitative estimate of drug-likeness (QED) is 0.0982. The molecule has 0 fully saturated rings. The molecule has 0 spiro atoms. The van der Waals surface area contributed by atoms with Crippen LogP contribution in [0.3, 0.4) is 0 Å². The summed E-state index contributed by atoms with van der Waals surface area (Å²) >= 11 is 0. The van der Waals surface area contributed by atoms with Gasteiger partial charge in [-0.1, -0.05) is 107 Å². The lowest BCUT2D eigenvalue weighted by atomic mass is 9.92. The maximum absolute atomic E-state index is 13.9. The topological polar surface area (TPSA) is 43.4 Å². The summed E-state index contributed by atoms with van der Waals surface area (Å²) in [7, 11) is 0. The minimum absolute atomic E-state index is 0.207. The molecule has 0 aromatic heterocycles. The van der Waals surface area contributed by atoms with Gasteiger partial charge in [-0.2, -0.15) is 0 Å². The van der Waals surface area contributed by atoms with Crippen molar-refractivity contribution in [1.29, 1.82) is 0 Å². The summed E-state index contributed by atoms with van der Waals surface area (Å²) in [4.78, 5) is 27.2. The van der Waals surface area contributed by atoms with Crippen molar-refractivity contribution in [2.45, 2.75) is 27.7 Å². The van der Waals surface area contributed by atoms with Gasteiger partial charge < -0.3 is 4.74 Å². The molecular weight excluding hydrogens is 432 g/mol. The predicted octanol–water partition coefficient (Wildman–Crippen LogP) is 7.53. The molecular formula is C32H28O3. The van der Waals surface area contributed by atoms with Gasteiger partial charge in [0.25, 0.3) is 0 Å². The standard InChI is InChI=1S/C32H28O3/c1-21-5-13-25(14-6-21)29(30(33)26-15-7-22(2)8-16-26)31(27-17-9-23(3)10-18-27)35-32(34)28-19-11-24(4)12-20-28/h5-20H,1-4H3/b31-29+. The average molecular weight is 461 g/mol. The molecule has 0 N–H and O–H groups in total. The number of hydrogen-bond donors (Lipinski definition) is 0. The predicted molar refractivity (Wildman–Crippen MR) is 141 cm³/mol. The molecule has 0 atom stereocenters. The molecule has 0 aliphatic rings. The van der Waals surface area contributed by atoms with Gasteiger partial charge in [-0.15, -0.1) is 0 Å². The Morgan fingerprint density at radius 3 is 1.23 bits per heavy atom. The summed E-state index contributed by atoms with van der Waals surface area (Å²) in [6, 6.07) is 30.0. The van der Waals surface area contributed by atoms with E-state index in [0.29, 0.717) is 27.8 Å². The van der Waals surface area contributed by atoms with Gasteiger partial charge >= 0.3 is 5.97 Å². The number of ketones is 1. The van der Waals surface area contributed by atoms with Crippen molar-refractivity contribution in [2.24, 2.45) is 0 Å². The summed E-state index contributed by atoms with van der Waals surface area (Å²) in [5, 5.41) is 0. The number of hydrogen-bond acceptors (Lipinski definition) is 3. The highest BCUT2D eigenvalue weighted by atomic mass is 16.5. The van der Waals surface area contributed by atoms with E-state index >= 15 is 0 Å². The second kappa shape index (κ2) is 10.4. The van der Waals surface area contributed by atoms with E-state index in [1.807, 2.05) is 100 Å². The summed E-state index contributed by atoms with van der Waals surface area (Å²) in [5.41, 5.74) is 6.90. The van der Waals surface area contributed by atoms with E-state index in [0.717, 1.165) is 22.3 Å². The van der Waals surface area contributed by atoms with Crippen LogP contribution in [0.2, 0.25) is 0 Å². The van der Waals surface area contributed by atoms with E-state index in [4.69, 9.17) is 4.74 Å². The van der Waals surface area contributed by atoms with Crippen LogP contribution >= 0.6 is 0 Å². The van der Waals surface area contributed by atoms with Crippen molar-refractivity contribution in [3.8, 4) is 0 Å². The first-order valence-corrected chi connectivity index (χ1v) is 11.6. The van der Waals surface area contributed by atoms with Crippen LogP contribution < -0.4 is 0 Å². The Labute approximate surface area is 206 Å². The van der Waals surface area contributed by atoms with Gasteiger partial charge in [-0.3, -0.25) is 4.79 Å². The number of aryl methyl sites for hydroxylation is 4. The second-order valence-electron chi connectivity index (χ2n) is 8.89. The number of carbonyl (C=O) groups excluding carboxylic acids is 2. The first kappa shape index (κ1) is 23.9. The van der Waals surface area contributed by atoms with Crippen LogP contribution in [0, 0.1) is 27.7 Å². The normalized spacial score (nSPS) is 11.5. The molecule has 4 rings (SSSR count). The summed E-state index contributed by atoms with van der Waals surface area (Å²) in [5.74, 6) is -0.479. The van der Waals surface area contributed by atoms with Crippen molar-refractivity contribution < 1.29 is 14.3 Å². The Morgan fingerprint density at radius 2 is 0.800 bits per heavy atom. The van der Waals surface area contributed by atoms with Gasteiger partial charge in [0.05, 0.1) is 11.1 Å². The van der Waals surface area contributed by atoms with Crippen LogP contribution in [-0.4, -0.2) is 11.8 Å². The van der Waals surface area contributed by atoms with Gasteiger partial charge in [0, 0.05) is 11.1 Å². The monoisotopic (exact) mass is 460 g/mol. The van der Waals surface area contributed by atoms with Crippen molar-refractivity contribution in [3.05, 3.63) is 142 Å². The largest absolute Gasteiger partial charge is 0.421 e. The van der Waals surface area contributed by atoms with Crippen molar-refractivity contribution in [2.75, 3.05) is 0 Å².